The first kappa shape index (κ1) is 24.6. The van der Waals surface area contributed by atoms with Crippen LogP contribution in [-0.2, 0) is 16.1 Å². The fourth-order valence-electron chi connectivity index (χ4n) is 4.25. The first-order valence-electron chi connectivity index (χ1n) is 11.9. The fourth-order valence-corrected chi connectivity index (χ4v) is 4.25. The number of methoxy groups -OCH3 is 1. The van der Waals surface area contributed by atoms with Crippen LogP contribution >= 0.6 is 0 Å². The smallest absolute Gasteiger partial charge is 0.261 e. The molecule has 1 aliphatic rings. The van der Waals surface area contributed by atoms with Gasteiger partial charge in [0, 0.05) is 12.6 Å². The van der Waals surface area contributed by atoms with Crippen LogP contribution in [0.4, 0.5) is 0 Å². The Balaban J connectivity index is 1.74. The van der Waals surface area contributed by atoms with Crippen molar-refractivity contribution in [2.24, 2.45) is 0 Å². The van der Waals surface area contributed by atoms with Crippen molar-refractivity contribution < 1.29 is 19.1 Å². The van der Waals surface area contributed by atoms with Crippen molar-refractivity contribution in [2.75, 3.05) is 13.7 Å². The quantitative estimate of drug-likeness (QED) is 0.570. The van der Waals surface area contributed by atoms with E-state index >= 15 is 0 Å². The van der Waals surface area contributed by atoms with E-state index in [0.29, 0.717) is 18.7 Å². The summed E-state index contributed by atoms with van der Waals surface area (Å²) in [6.45, 7) is 4.16. The van der Waals surface area contributed by atoms with Gasteiger partial charge >= 0.3 is 0 Å². The number of amides is 2. The van der Waals surface area contributed by atoms with Crippen LogP contribution in [0.25, 0.3) is 0 Å². The molecule has 6 nitrogen and oxygen atoms in total. The molecule has 1 N–H and O–H groups in total. The Labute approximate surface area is 197 Å². The molecule has 0 heterocycles. The van der Waals surface area contributed by atoms with E-state index in [2.05, 4.69) is 5.32 Å². The molecular formula is C27H36N2O4. The Morgan fingerprint density at radius 1 is 1.00 bits per heavy atom. The number of benzene rings is 2. The lowest BCUT2D eigenvalue weighted by Crippen LogP contribution is -2.52. The first-order chi connectivity index (χ1) is 16.0. The Bertz CT molecular complexity index is 889. The molecular weight excluding hydrogens is 416 g/mol. The van der Waals surface area contributed by atoms with Gasteiger partial charge in [-0.3, -0.25) is 9.59 Å². The van der Waals surface area contributed by atoms with Gasteiger partial charge in [0.2, 0.25) is 5.91 Å². The van der Waals surface area contributed by atoms with Gasteiger partial charge in [-0.1, -0.05) is 56.0 Å². The summed E-state index contributed by atoms with van der Waals surface area (Å²) in [5, 5.41) is 3.20. The topological polar surface area (TPSA) is 67.9 Å². The zero-order valence-electron chi connectivity index (χ0n) is 20.0. The second-order valence-corrected chi connectivity index (χ2v) is 8.74. The predicted octanol–water partition coefficient (Wildman–Crippen LogP) is 4.64. The van der Waals surface area contributed by atoms with E-state index in [1.54, 1.807) is 12.0 Å². The van der Waals surface area contributed by atoms with E-state index < -0.39 is 6.04 Å². The van der Waals surface area contributed by atoms with E-state index in [4.69, 9.17) is 9.47 Å². The average Bonchev–Trinajstić information content (AvgIpc) is 2.84. The Morgan fingerprint density at radius 3 is 2.24 bits per heavy atom. The van der Waals surface area contributed by atoms with Crippen LogP contribution in [0.1, 0.15) is 56.6 Å². The summed E-state index contributed by atoms with van der Waals surface area (Å²) in [7, 11) is 1.62. The lowest BCUT2D eigenvalue weighted by atomic mass is 9.95. The number of aryl methyl sites for hydroxylation is 1. The van der Waals surface area contributed by atoms with E-state index in [9.17, 15) is 9.59 Å². The summed E-state index contributed by atoms with van der Waals surface area (Å²) in [4.78, 5) is 28.2. The van der Waals surface area contributed by atoms with Crippen LogP contribution in [0, 0.1) is 6.92 Å². The SMILES string of the molecule is CC[C@H](C(=O)NC1CCCCC1)N(Cc1ccc(OC)cc1)C(=O)COc1ccc(C)cc1. The maximum absolute atomic E-state index is 13.3. The molecule has 1 aliphatic carbocycles. The molecule has 2 aromatic carbocycles. The van der Waals surface area contributed by atoms with Crippen molar-refractivity contribution in [2.45, 2.75) is 71.0 Å². The molecule has 0 aliphatic heterocycles. The highest BCUT2D eigenvalue weighted by atomic mass is 16.5. The van der Waals surface area contributed by atoms with Crippen LogP contribution in [0.3, 0.4) is 0 Å². The summed E-state index contributed by atoms with van der Waals surface area (Å²) < 4.78 is 11.0. The maximum atomic E-state index is 13.3. The zero-order valence-corrected chi connectivity index (χ0v) is 20.0. The fraction of sp³-hybridized carbons (Fsp3) is 0.481. The summed E-state index contributed by atoms with van der Waals surface area (Å²) in [6, 6.07) is 14.8. The molecule has 33 heavy (non-hydrogen) atoms. The Hall–Kier alpha value is -3.02. The van der Waals surface area contributed by atoms with Crippen molar-refractivity contribution in [1.82, 2.24) is 10.2 Å². The molecule has 1 fully saturated rings. The van der Waals surface area contributed by atoms with Gasteiger partial charge in [0.25, 0.3) is 5.91 Å². The molecule has 1 atom stereocenters. The minimum absolute atomic E-state index is 0.0819. The molecule has 1 saturated carbocycles. The van der Waals surface area contributed by atoms with Crippen LogP contribution in [0.15, 0.2) is 48.5 Å². The van der Waals surface area contributed by atoms with Gasteiger partial charge in [0.1, 0.15) is 17.5 Å². The molecule has 0 aromatic heterocycles. The molecule has 0 radical (unpaired) electrons. The summed E-state index contributed by atoms with van der Waals surface area (Å²) in [6.07, 6.45) is 6.05. The normalized spacial score (nSPS) is 14.9. The van der Waals surface area contributed by atoms with Gasteiger partial charge in [-0.15, -0.1) is 0 Å². The number of hydrogen-bond acceptors (Lipinski definition) is 4. The third-order valence-electron chi connectivity index (χ3n) is 6.23. The van der Waals surface area contributed by atoms with Gasteiger partial charge in [0.05, 0.1) is 7.11 Å². The average molecular weight is 453 g/mol. The monoisotopic (exact) mass is 452 g/mol. The minimum Gasteiger partial charge on any atom is -0.497 e. The van der Waals surface area contributed by atoms with Crippen LogP contribution in [-0.4, -0.2) is 42.5 Å². The minimum atomic E-state index is -0.553. The van der Waals surface area contributed by atoms with E-state index in [1.165, 1.54) is 6.42 Å². The highest BCUT2D eigenvalue weighted by Gasteiger charge is 2.30. The highest BCUT2D eigenvalue weighted by Crippen LogP contribution is 2.20. The maximum Gasteiger partial charge on any atom is 0.261 e. The van der Waals surface area contributed by atoms with Crippen LogP contribution in [0.2, 0.25) is 0 Å². The Kier molecular flexibility index (Phi) is 9.16. The molecule has 6 heteroatoms. The third-order valence-corrected chi connectivity index (χ3v) is 6.23. The lowest BCUT2D eigenvalue weighted by molar-refractivity contribution is -0.143. The van der Waals surface area contributed by atoms with Crippen LogP contribution < -0.4 is 14.8 Å². The van der Waals surface area contributed by atoms with E-state index in [-0.39, 0.29) is 24.5 Å². The Morgan fingerprint density at radius 2 is 1.64 bits per heavy atom. The molecule has 0 saturated heterocycles. The van der Waals surface area contributed by atoms with Gasteiger partial charge < -0.3 is 19.7 Å². The molecule has 178 valence electrons. The molecule has 0 unspecified atom stereocenters. The molecule has 3 rings (SSSR count). The van der Waals surface area contributed by atoms with Gasteiger partial charge in [0.15, 0.2) is 6.61 Å². The number of rotatable bonds is 10. The third kappa shape index (κ3) is 7.24. The lowest BCUT2D eigenvalue weighted by Gasteiger charge is -2.32. The number of carbonyl (C=O) groups excluding carboxylic acids is 2. The number of nitrogens with one attached hydrogen (secondary N) is 1. The standard InChI is InChI=1S/C27H36N2O4/c1-4-25(27(31)28-22-8-6-5-7-9-22)29(18-21-12-16-23(32-3)17-13-21)26(30)19-33-24-14-10-20(2)11-15-24/h10-17,22,25H,4-9,18-19H2,1-3H3,(H,28,31)/t25-/m1/s1. The summed E-state index contributed by atoms with van der Waals surface area (Å²) in [5.41, 5.74) is 2.06. The molecule has 0 spiro atoms. The summed E-state index contributed by atoms with van der Waals surface area (Å²) in [5.74, 6) is 1.10. The van der Waals surface area contributed by atoms with Gasteiger partial charge in [-0.05, 0) is 56.0 Å². The molecule has 2 amide bonds. The zero-order chi connectivity index (χ0) is 23.6. The van der Waals surface area contributed by atoms with Crippen molar-refractivity contribution >= 4 is 11.8 Å². The van der Waals surface area contributed by atoms with Gasteiger partial charge in [-0.25, -0.2) is 0 Å². The number of carbonyl (C=O) groups is 2. The van der Waals surface area contributed by atoms with Crippen molar-refractivity contribution in [3.63, 3.8) is 0 Å². The van der Waals surface area contributed by atoms with Crippen molar-refractivity contribution in [3.8, 4) is 11.5 Å². The van der Waals surface area contributed by atoms with E-state index in [1.807, 2.05) is 62.4 Å². The van der Waals surface area contributed by atoms with Gasteiger partial charge in [-0.2, -0.15) is 0 Å². The molecule has 0 bridgehead atoms. The largest absolute Gasteiger partial charge is 0.497 e. The second kappa shape index (κ2) is 12.3. The molecule has 2 aromatic rings. The first-order valence-corrected chi connectivity index (χ1v) is 11.9. The number of nitrogens with zero attached hydrogens (tertiary/aromatic N) is 1. The summed E-state index contributed by atoms with van der Waals surface area (Å²) >= 11 is 0. The van der Waals surface area contributed by atoms with Crippen molar-refractivity contribution in [1.29, 1.82) is 0 Å². The highest BCUT2D eigenvalue weighted by molar-refractivity contribution is 5.88. The predicted molar refractivity (Wildman–Crippen MR) is 129 cm³/mol. The number of ether oxygens (including phenoxy) is 2. The van der Waals surface area contributed by atoms with Crippen molar-refractivity contribution in [3.05, 3.63) is 59.7 Å². The van der Waals surface area contributed by atoms with E-state index in [0.717, 1.165) is 42.6 Å². The van der Waals surface area contributed by atoms with Crippen LogP contribution in [0.5, 0.6) is 11.5 Å². The number of hydrogen-bond donors (Lipinski definition) is 1. The second-order valence-electron chi connectivity index (χ2n) is 8.74.